The summed E-state index contributed by atoms with van der Waals surface area (Å²) >= 11 is 5.63. The summed E-state index contributed by atoms with van der Waals surface area (Å²) in [5, 5.41) is 8.97. The highest BCUT2D eigenvalue weighted by Gasteiger charge is 2.17. The largest absolute Gasteiger partial charge is 0.396 e. The van der Waals surface area contributed by atoms with Gasteiger partial charge in [-0.3, -0.25) is 0 Å². The van der Waals surface area contributed by atoms with Crippen LogP contribution in [0.3, 0.4) is 0 Å². The number of hydrogen-bond donors (Lipinski definition) is 2. The molecule has 0 aliphatic heterocycles. The van der Waals surface area contributed by atoms with Crippen LogP contribution in [-0.4, -0.2) is 26.7 Å². The minimum atomic E-state index is -3.76. The van der Waals surface area contributed by atoms with Gasteiger partial charge in [-0.05, 0) is 42.5 Å². The van der Waals surface area contributed by atoms with Gasteiger partial charge in [-0.2, -0.15) is 0 Å². The van der Waals surface area contributed by atoms with Gasteiger partial charge in [0, 0.05) is 13.2 Å². The predicted octanol–water partition coefficient (Wildman–Crippen LogP) is 3.31. The third-order valence-corrected chi connectivity index (χ3v) is 5.48. The molecule has 2 N–H and O–H groups in total. The van der Waals surface area contributed by atoms with E-state index in [2.05, 4.69) is 4.72 Å². The van der Waals surface area contributed by atoms with Gasteiger partial charge in [0.15, 0.2) is 0 Å². The highest BCUT2D eigenvalue weighted by molar-refractivity contribution is 7.89. The smallest absolute Gasteiger partial charge is 0.240 e. The average molecular weight is 372 g/mol. The van der Waals surface area contributed by atoms with E-state index in [4.69, 9.17) is 11.6 Å². The molecule has 0 spiro atoms. The van der Waals surface area contributed by atoms with Crippen molar-refractivity contribution in [1.82, 2.24) is 4.72 Å². The number of halogens is 2. The monoisotopic (exact) mass is 371 g/mol. The first-order chi connectivity index (χ1) is 11.4. The van der Waals surface area contributed by atoms with E-state index < -0.39 is 15.8 Å². The Kier molecular flexibility index (Phi) is 6.74. The predicted molar refractivity (Wildman–Crippen MR) is 92.1 cm³/mol. The standard InChI is InChI=1S/C17H19ClFNO3S/c18-16-12-15(6-7-17(16)19)24(22,23)20-10-8-14(9-11-21)13-4-2-1-3-5-13/h1-7,12,14,20-21H,8-11H2. The van der Waals surface area contributed by atoms with Gasteiger partial charge < -0.3 is 5.11 Å². The lowest BCUT2D eigenvalue weighted by Gasteiger charge is -2.16. The van der Waals surface area contributed by atoms with Gasteiger partial charge in [0.2, 0.25) is 10.0 Å². The molecule has 0 heterocycles. The Morgan fingerprint density at radius 1 is 1.12 bits per heavy atom. The molecule has 0 bridgehead atoms. The van der Waals surface area contributed by atoms with Crippen molar-refractivity contribution in [2.75, 3.05) is 13.2 Å². The van der Waals surface area contributed by atoms with Crippen molar-refractivity contribution in [3.63, 3.8) is 0 Å². The zero-order chi connectivity index (χ0) is 17.6. The van der Waals surface area contributed by atoms with Crippen LogP contribution < -0.4 is 4.72 Å². The maximum atomic E-state index is 13.1. The molecule has 1 unspecified atom stereocenters. The van der Waals surface area contributed by atoms with Crippen LogP contribution in [0.2, 0.25) is 5.02 Å². The third-order valence-electron chi connectivity index (χ3n) is 3.73. The molecule has 0 saturated heterocycles. The first-order valence-electron chi connectivity index (χ1n) is 7.54. The SMILES string of the molecule is O=S(=O)(NCCC(CCO)c1ccccc1)c1ccc(F)c(Cl)c1. The number of benzene rings is 2. The summed E-state index contributed by atoms with van der Waals surface area (Å²) in [5.74, 6) is -0.613. The van der Waals surface area contributed by atoms with E-state index >= 15 is 0 Å². The quantitative estimate of drug-likeness (QED) is 0.748. The molecule has 130 valence electrons. The molecule has 0 aliphatic carbocycles. The van der Waals surface area contributed by atoms with E-state index in [0.717, 1.165) is 17.7 Å². The maximum absolute atomic E-state index is 13.1. The number of rotatable bonds is 8. The molecule has 0 aliphatic rings. The number of aliphatic hydroxyl groups excluding tert-OH is 1. The second kappa shape index (κ2) is 8.58. The molecule has 0 saturated carbocycles. The van der Waals surface area contributed by atoms with E-state index in [0.29, 0.717) is 12.8 Å². The molecule has 0 aromatic heterocycles. The van der Waals surface area contributed by atoms with Gasteiger partial charge in [-0.1, -0.05) is 41.9 Å². The number of sulfonamides is 1. The molecule has 2 aromatic rings. The summed E-state index contributed by atoms with van der Waals surface area (Å²) in [6, 6.07) is 12.9. The molecule has 2 aromatic carbocycles. The first kappa shape index (κ1) is 18.9. The fourth-order valence-corrected chi connectivity index (χ4v) is 3.77. The summed E-state index contributed by atoms with van der Waals surface area (Å²) in [6.45, 7) is 0.233. The van der Waals surface area contributed by atoms with Crippen LogP contribution in [0.15, 0.2) is 53.4 Å². The fraction of sp³-hybridized carbons (Fsp3) is 0.294. The summed E-state index contributed by atoms with van der Waals surface area (Å²) < 4.78 is 40.1. The molecule has 0 fully saturated rings. The second-order valence-electron chi connectivity index (χ2n) is 5.38. The van der Waals surface area contributed by atoms with Crippen molar-refractivity contribution in [2.24, 2.45) is 0 Å². The molecule has 0 radical (unpaired) electrons. The lowest BCUT2D eigenvalue weighted by molar-refractivity contribution is 0.273. The van der Waals surface area contributed by atoms with Crippen molar-refractivity contribution in [3.8, 4) is 0 Å². The van der Waals surface area contributed by atoms with E-state index in [1.165, 1.54) is 6.07 Å². The van der Waals surface area contributed by atoms with Crippen LogP contribution in [0.5, 0.6) is 0 Å². The van der Waals surface area contributed by atoms with Gasteiger partial charge in [0.1, 0.15) is 5.82 Å². The summed E-state index contributed by atoms with van der Waals surface area (Å²) in [7, 11) is -3.76. The van der Waals surface area contributed by atoms with Crippen molar-refractivity contribution in [3.05, 3.63) is 64.9 Å². The summed E-state index contributed by atoms with van der Waals surface area (Å²) in [5.41, 5.74) is 1.05. The van der Waals surface area contributed by atoms with Crippen LogP contribution in [0.25, 0.3) is 0 Å². The van der Waals surface area contributed by atoms with Crippen LogP contribution >= 0.6 is 11.6 Å². The topological polar surface area (TPSA) is 66.4 Å². The Morgan fingerprint density at radius 3 is 2.46 bits per heavy atom. The number of nitrogens with one attached hydrogen (secondary N) is 1. The molecule has 4 nitrogen and oxygen atoms in total. The Morgan fingerprint density at radius 2 is 1.83 bits per heavy atom. The van der Waals surface area contributed by atoms with Crippen LogP contribution in [-0.2, 0) is 10.0 Å². The van der Waals surface area contributed by atoms with Crippen molar-refractivity contribution in [1.29, 1.82) is 0 Å². The number of aliphatic hydroxyl groups is 1. The lowest BCUT2D eigenvalue weighted by Crippen LogP contribution is -2.26. The van der Waals surface area contributed by atoms with E-state index in [1.807, 2.05) is 30.3 Å². The maximum Gasteiger partial charge on any atom is 0.240 e. The molecular formula is C17H19ClFNO3S. The zero-order valence-corrected chi connectivity index (χ0v) is 14.5. The minimum Gasteiger partial charge on any atom is -0.396 e. The van der Waals surface area contributed by atoms with Crippen molar-refractivity contribution < 1.29 is 17.9 Å². The average Bonchev–Trinajstić information content (AvgIpc) is 2.57. The van der Waals surface area contributed by atoms with Crippen molar-refractivity contribution >= 4 is 21.6 Å². The molecule has 7 heteroatoms. The van der Waals surface area contributed by atoms with Crippen LogP contribution in [0.1, 0.15) is 24.3 Å². The first-order valence-corrected chi connectivity index (χ1v) is 9.40. The molecule has 0 amide bonds. The highest BCUT2D eigenvalue weighted by atomic mass is 35.5. The third kappa shape index (κ3) is 5.01. The Labute approximate surface area is 146 Å². The molecular weight excluding hydrogens is 353 g/mol. The lowest BCUT2D eigenvalue weighted by atomic mass is 9.93. The fourth-order valence-electron chi connectivity index (χ4n) is 2.45. The second-order valence-corrected chi connectivity index (χ2v) is 7.56. The van der Waals surface area contributed by atoms with Crippen molar-refractivity contribution in [2.45, 2.75) is 23.7 Å². The van der Waals surface area contributed by atoms with Crippen LogP contribution in [0.4, 0.5) is 4.39 Å². The normalized spacial score (nSPS) is 13.0. The molecule has 24 heavy (non-hydrogen) atoms. The van der Waals surface area contributed by atoms with Gasteiger partial charge in [-0.15, -0.1) is 0 Å². The van der Waals surface area contributed by atoms with Gasteiger partial charge in [0.25, 0.3) is 0 Å². The highest BCUT2D eigenvalue weighted by Crippen LogP contribution is 2.23. The van der Waals surface area contributed by atoms with Gasteiger partial charge in [0.05, 0.1) is 9.92 Å². The summed E-state index contributed by atoms with van der Waals surface area (Å²) in [4.78, 5) is -0.0766. The Hall–Kier alpha value is -1.47. The zero-order valence-electron chi connectivity index (χ0n) is 13.0. The Balaban J connectivity index is 2.01. The van der Waals surface area contributed by atoms with E-state index in [1.54, 1.807) is 0 Å². The minimum absolute atomic E-state index is 0.0277. The van der Waals surface area contributed by atoms with Gasteiger partial charge >= 0.3 is 0 Å². The molecule has 2 rings (SSSR count). The summed E-state index contributed by atoms with van der Waals surface area (Å²) in [6.07, 6.45) is 1.09. The van der Waals surface area contributed by atoms with E-state index in [9.17, 15) is 17.9 Å². The molecule has 1 atom stereocenters. The van der Waals surface area contributed by atoms with Gasteiger partial charge in [-0.25, -0.2) is 17.5 Å². The van der Waals surface area contributed by atoms with E-state index in [-0.39, 0.29) is 29.0 Å². The van der Waals surface area contributed by atoms with Crippen LogP contribution in [0, 0.1) is 5.82 Å². The number of hydrogen-bond acceptors (Lipinski definition) is 3. The Bertz CT molecular complexity index is 769.